The van der Waals surface area contributed by atoms with E-state index in [0.717, 1.165) is 34.1 Å². The molecule has 224 valence electrons. The van der Waals surface area contributed by atoms with Crippen LogP contribution in [0, 0.1) is 6.92 Å². The highest BCUT2D eigenvalue weighted by atomic mass is 32.1. The van der Waals surface area contributed by atoms with Crippen molar-refractivity contribution >= 4 is 97.1 Å². The third kappa shape index (κ3) is 4.94. The number of nitrogens with zero attached hydrogens (tertiary/aromatic N) is 2. The Labute approximate surface area is 282 Å². The molecule has 0 saturated heterocycles. The number of para-hydroxylation sites is 2. The molecule has 2 nitrogen and oxygen atoms in total. The Bertz CT molecular complexity index is 2510. The maximum Gasteiger partial charge on any atom is 0.0476 e. The molecule has 0 aliphatic carbocycles. The molecule has 47 heavy (non-hydrogen) atoms. The zero-order valence-electron chi connectivity index (χ0n) is 25.8. The molecule has 0 bridgehead atoms. The Kier molecular flexibility index (Phi) is 6.77. The Morgan fingerprint density at radius 2 is 0.787 bits per heavy atom. The van der Waals surface area contributed by atoms with Crippen molar-refractivity contribution in [3.05, 3.63) is 169 Å². The topological polar surface area (TPSA) is 6.48 Å². The van der Waals surface area contributed by atoms with Crippen LogP contribution in [0.2, 0.25) is 0 Å². The van der Waals surface area contributed by atoms with Crippen LogP contribution in [0.5, 0.6) is 0 Å². The first-order valence-corrected chi connectivity index (χ1v) is 17.5. The number of hydrogen-bond acceptors (Lipinski definition) is 4. The van der Waals surface area contributed by atoms with Gasteiger partial charge in [-0.1, -0.05) is 72.8 Å². The average Bonchev–Trinajstić information content (AvgIpc) is 3.67. The largest absolute Gasteiger partial charge is 0.310 e. The maximum absolute atomic E-state index is 2.40. The summed E-state index contributed by atoms with van der Waals surface area (Å²) in [6.07, 6.45) is 0. The van der Waals surface area contributed by atoms with Crippen molar-refractivity contribution in [3.8, 4) is 0 Å². The van der Waals surface area contributed by atoms with Gasteiger partial charge < -0.3 is 9.80 Å². The molecule has 0 spiro atoms. The lowest BCUT2D eigenvalue weighted by Crippen LogP contribution is -2.10. The van der Waals surface area contributed by atoms with Crippen LogP contribution in [-0.2, 0) is 0 Å². The van der Waals surface area contributed by atoms with Gasteiger partial charge in [0.05, 0.1) is 0 Å². The van der Waals surface area contributed by atoms with E-state index in [-0.39, 0.29) is 0 Å². The summed E-state index contributed by atoms with van der Waals surface area (Å²) in [6, 6.07) is 59.5. The first kappa shape index (κ1) is 27.9. The number of anilines is 6. The third-order valence-electron chi connectivity index (χ3n) is 8.86. The average molecular weight is 639 g/mol. The Morgan fingerprint density at radius 1 is 0.319 bits per heavy atom. The molecular formula is C43H30N2S2. The Hall–Kier alpha value is -5.42. The Balaban J connectivity index is 1.19. The molecule has 2 aromatic heterocycles. The monoisotopic (exact) mass is 638 g/mol. The van der Waals surface area contributed by atoms with Crippen LogP contribution in [0.4, 0.5) is 34.1 Å². The molecule has 0 aliphatic rings. The van der Waals surface area contributed by atoms with E-state index in [0.29, 0.717) is 0 Å². The van der Waals surface area contributed by atoms with Crippen molar-refractivity contribution in [1.82, 2.24) is 0 Å². The fourth-order valence-electron chi connectivity index (χ4n) is 6.70. The first-order chi connectivity index (χ1) is 23.2. The van der Waals surface area contributed by atoms with Crippen LogP contribution >= 0.6 is 22.7 Å². The molecule has 0 N–H and O–H groups in total. The molecule has 0 aliphatic heterocycles. The fraction of sp³-hybridized carbons (Fsp3) is 0.0233. The third-order valence-corrected chi connectivity index (χ3v) is 11.1. The van der Waals surface area contributed by atoms with Gasteiger partial charge in [0.15, 0.2) is 0 Å². The molecule has 0 amide bonds. The zero-order valence-corrected chi connectivity index (χ0v) is 27.4. The summed E-state index contributed by atoms with van der Waals surface area (Å²) in [5.41, 5.74) is 8.16. The predicted molar refractivity (Wildman–Crippen MR) is 206 cm³/mol. The quantitative estimate of drug-likeness (QED) is 0.179. The molecule has 2 heterocycles. The number of thiophene rings is 2. The minimum atomic E-state index is 1.14. The van der Waals surface area contributed by atoms with Gasteiger partial charge in [-0.2, -0.15) is 0 Å². The molecule has 0 fully saturated rings. The van der Waals surface area contributed by atoms with Crippen molar-refractivity contribution in [1.29, 1.82) is 0 Å². The van der Waals surface area contributed by atoms with Crippen molar-refractivity contribution in [3.63, 3.8) is 0 Å². The van der Waals surface area contributed by atoms with Gasteiger partial charge in [0.25, 0.3) is 0 Å². The molecule has 9 aromatic rings. The molecule has 0 atom stereocenters. The van der Waals surface area contributed by atoms with Crippen molar-refractivity contribution in [2.45, 2.75) is 6.92 Å². The summed E-state index contributed by atoms with van der Waals surface area (Å²) in [5, 5.41) is 5.17. The van der Waals surface area contributed by atoms with E-state index in [4.69, 9.17) is 0 Å². The molecule has 4 heteroatoms. The smallest absolute Gasteiger partial charge is 0.0476 e. The van der Waals surface area contributed by atoms with Gasteiger partial charge in [0.1, 0.15) is 0 Å². The van der Waals surface area contributed by atoms with Crippen molar-refractivity contribution in [2.75, 3.05) is 9.80 Å². The van der Waals surface area contributed by atoms with Crippen molar-refractivity contribution < 1.29 is 0 Å². The minimum absolute atomic E-state index is 1.14. The second kappa shape index (κ2) is 11.4. The van der Waals surface area contributed by atoms with Crippen LogP contribution in [0.15, 0.2) is 164 Å². The summed E-state index contributed by atoms with van der Waals surface area (Å²) in [7, 11) is 0. The van der Waals surface area contributed by atoms with Crippen LogP contribution in [0.25, 0.3) is 40.3 Å². The van der Waals surface area contributed by atoms with E-state index in [9.17, 15) is 0 Å². The Morgan fingerprint density at radius 3 is 1.45 bits per heavy atom. The second-order valence-corrected chi connectivity index (χ2v) is 14.1. The zero-order chi connectivity index (χ0) is 31.3. The highest BCUT2D eigenvalue weighted by Crippen LogP contribution is 2.45. The van der Waals surface area contributed by atoms with Gasteiger partial charge in [0.2, 0.25) is 0 Å². The van der Waals surface area contributed by atoms with Crippen LogP contribution in [0.1, 0.15) is 5.56 Å². The van der Waals surface area contributed by atoms with E-state index in [1.165, 1.54) is 45.9 Å². The summed E-state index contributed by atoms with van der Waals surface area (Å²) < 4.78 is 5.21. The van der Waals surface area contributed by atoms with Gasteiger partial charge in [-0.25, -0.2) is 0 Å². The highest BCUT2D eigenvalue weighted by molar-refractivity contribution is 7.26. The summed E-state index contributed by atoms with van der Waals surface area (Å²) in [6.45, 7) is 2.16. The first-order valence-electron chi connectivity index (χ1n) is 15.8. The number of fused-ring (bicyclic) bond motifs is 6. The SMILES string of the molecule is Cc1cccc(N(c2ccc3c(c2)sc2ccc(N(c4ccccc4)c4ccccc4)cc23)c2ccc3sc4ccccc4c3c2)c1. The molecule has 7 aromatic carbocycles. The minimum Gasteiger partial charge on any atom is -0.310 e. The summed E-state index contributed by atoms with van der Waals surface area (Å²) >= 11 is 3.72. The summed E-state index contributed by atoms with van der Waals surface area (Å²) in [4.78, 5) is 4.74. The van der Waals surface area contributed by atoms with Crippen LogP contribution in [0.3, 0.4) is 0 Å². The van der Waals surface area contributed by atoms with Crippen LogP contribution < -0.4 is 9.80 Å². The van der Waals surface area contributed by atoms with E-state index in [2.05, 4.69) is 181 Å². The number of benzene rings is 7. The number of aryl methyl sites for hydroxylation is 1. The van der Waals surface area contributed by atoms with Crippen LogP contribution in [-0.4, -0.2) is 0 Å². The number of hydrogen-bond donors (Lipinski definition) is 0. The lowest BCUT2D eigenvalue weighted by molar-refractivity contribution is 1.28. The van der Waals surface area contributed by atoms with Gasteiger partial charge in [-0.05, 0) is 103 Å². The van der Waals surface area contributed by atoms with E-state index in [1.807, 2.05) is 22.7 Å². The molecule has 0 radical (unpaired) electrons. The van der Waals surface area contributed by atoms with Gasteiger partial charge in [-0.15, -0.1) is 22.7 Å². The lowest BCUT2D eigenvalue weighted by Gasteiger charge is -2.26. The number of rotatable bonds is 6. The lowest BCUT2D eigenvalue weighted by atomic mass is 10.1. The van der Waals surface area contributed by atoms with Gasteiger partial charge in [-0.3, -0.25) is 0 Å². The molecule has 9 rings (SSSR count). The van der Waals surface area contributed by atoms with E-state index in [1.54, 1.807) is 0 Å². The normalized spacial score (nSPS) is 11.5. The van der Waals surface area contributed by atoms with Gasteiger partial charge >= 0.3 is 0 Å². The van der Waals surface area contributed by atoms with E-state index >= 15 is 0 Å². The fourth-order valence-corrected chi connectivity index (χ4v) is 8.91. The second-order valence-electron chi connectivity index (χ2n) is 11.9. The maximum atomic E-state index is 2.40. The molecular weight excluding hydrogens is 609 g/mol. The molecule has 0 unspecified atom stereocenters. The summed E-state index contributed by atoms with van der Waals surface area (Å²) in [5.74, 6) is 0. The standard InChI is InChI=1S/C43H30N2S2/c1-29-11-10-16-32(25-29)45(34-21-23-41-38(27-34)36-17-8-9-18-40(36)46-41)35-19-22-37-39-26-33(20-24-42(39)47-43(37)28-35)44(30-12-4-2-5-13-30)31-14-6-3-7-15-31/h2-28H,1H3. The van der Waals surface area contributed by atoms with E-state index < -0.39 is 0 Å². The predicted octanol–water partition coefficient (Wildman–Crippen LogP) is 13.7. The highest BCUT2D eigenvalue weighted by Gasteiger charge is 2.18. The van der Waals surface area contributed by atoms with Gasteiger partial charge in [0, 0.05) is 74.5 Å². The van der Waals surface area contributed by atoms with Crippen molar-refractivity contribution in [2.24, 2.45) is 0 Å². The molecule has 0 saturated carbocycles.